The number of methoxy groups -OCH3 is 1. The van der Waals surface area contributed by atoms with Crippen LogP contribution in [0.3, 0.4) is 0 Å². The van der Waals surface area contributed by atoms with Crippen LogP contribution in [0.2, 0.25) is 5.02 Å². The zero-order valence-corrected chi connectivity index (χ0v) is 15.5. The van der Waals surface area contributed by atoms with Crippen molar-refractivity contribution in [3.63, 3.8) is 0 Å². The maximum absolute atomic E-state index is 14.3. The van der Waals surface area contributed by atoms with Crippen molar-refractivity contribution in [3.8, 4) is 10.4 Å². The number of para-hydroxylation sites is 1. The molecule has 0 fully saturated rings. The minimum Gasteiger partial charge on any atom is -0.465 e. The Bertz CT molecular complexity index is 1020. The summed E-state index contributed by atoms with van der Waals surface area (Å²) in [6.45, 7) is 0. The SMILES string of the molecule is COC(=O)c1ccc(Cl)c(-c2ccc(C(=O)N(F)c3ccccc3F)s2)c1. The molecule has 27 heavy (non-hydrogen) atoms. The molecule has 0 N–H and O–H groups in total. The maximum Gasteiger partial charge on any atom is 0.337 e. The third-order valence-electron chi connectivity index (χ3n) is 3.71. The van der Waals surface area contributed by atoms with Crippen molar-refractivity contribution in [2.75, 3.05) is 12.2 Å². The van der Waals surface area contributed by atoms with Crippen LogP contribution in [0.4, 0.5) is 14.6 Å². The van der Waals surface area contributed by atoms with Crippen molar-refractivity contribution in [1.29, 1.82) is 0 Å². The Kier molecular flexibility index (Phi) is 5.53. The molecule has 0 saturated carbocycles. The van der Waals surface area contributed by atoms with E-state index in [1.807, 2.05) is 0 Å². The normalized spacial score (nSPS) is 10.5. The number of thiophene rings is 1. The first kappa shape index (κ1) is 19.0. The Balaban J connectivity index is 1.92. The number of ether oxygens (including phenoxy) is 1. The van der Waals surface area contributed by atoms with E-state index < -0.39 is 23.4 Å². The van der Waals surface area contributed by atoms with Crippen molar-refractivity contribution >= 4 is 40.5 Å². The molecule has 3 rings (SSSR count). The summed E-state index contributed by atoms with van der Waals surface area (Å²) in [6.07, 6.45) is 0. The summed E-state index contributed by atoms with van der Waals surface area (Å²) in [4.78, 5) is 24.6. The van der Waals surface area contributed by atoms with Gasteiger partial charge >= 0.3 is 5.97 Å². The van der Waals surface area contributed by atoms with E-state index in [-0.39, 0.29) is 15.6 Å². The second kappa shape index (κ2) is 7.85. The molecule has 0 aliphatic carbocycles. The minimum atomic E-state index is -1.00. The molecule has 0 aliphatic rings. The van der Waals surface area contributed by atoms with Gasteiger partial charge in [-0.05, 0) is 42.5 Å². The van der Waals surface area contributed by atoms with E-state index in [9.17, 15) is 18.5 Å². The van der Waals surface area contributed by atoms with Gasteiger partial charge in [0.15, 0.2) is 0 Å². The predicted octanol–water partition coefficient (Wildman–Crippen LogP) is 5.53. The lowest BCUT2D eigenvalue weighted by molar-refractivity contribution is 0.0600. The van der Waals surface area contributed by atoms with Gasteiger partial charge in [0.25, 0.3) is 5.91 Å². The summed E-state index contributed by atoms with van der Waals surface area (Å²) in [6, 6.07) is 12.6. The zero-order chi connectivity index (χ0) is 19.6. The van der Waals surface area contributed by atoms with Crippen molar-refractivity contribution in [2.45, 2.75) is 0 Å². The number of halogens is 3. The highest BCUT2D eigenvalue weighted by atomic mass is 35.5. The van der Waals surface area contributed by atoms with Gasteiger partial charge in [-0.25, -0.2) is 9.18 Å². The average Bonchev–Trinajstić information content (AvgIpc) is 3.17. The highest BCUT2D eigenvalue weighted by Crippen LogP contribution is 2.35. The summed E-state index contributed by atoms with van der Waals surface area (Å²) < 4.78 is 32.7. The molecular weight excluding hydrogens is 396 g/mol. The number of carbonyl (C=O) groups is 2. The monoisotopic (exact) mass is 407 g/mol. The number of rotatable bonds is 4. The van der Waals surface area contributed by atoms with Crippen LogP contribution < -0.4 is 5.12 Å². The minimum absolute atomic E-state index is 0.0512. The van der Waals surface area contributed by atoms with E-state index in [1.54, 1.807) is 6.07 Å². The fourth-order valence-corrected chi connectivity index (χ4v) is 3.60. The second-order valence-corrected chi connectivity index (χ2v) is 6.88. The summed E-state index contributed by atoms with van der Waals surface area (Å²) >= 11 is 7.16. The molecule has 8 heteroatoms. The summed E-state index contributed by atoms with van der Waals surface area (Å²) in [7, 11) is 1.26. The molecule has 0 spiro atoms. The predicted molar refractivity (Wildman–Crippen MR) is 100 cm³/mol. The van der Waals surface area contributed by atoms with E-state index in [4.69, 9.17) is 11.6 Å². The molecule has 3 aromatic rings. The first-order chi connectivity index (χ1) is 12.9. The van der Waals surface area contributed by atoms with Crippen LogP contribution in [0.15, 0.2) is 54.6 Å². The average molecular weight is 408 g/mol. The van der Waals surface area contributed by atoms with Gasteiger partial charge < -0.3 is 4.74 Å². The molecule has 0 saturated heterocycles. The molecule has 0 unspecified atom stereocenters. The van der Waals surface area contributed by atoms with E-state index in [1.165, 1.54) is 49.6 Å². The van der Waals surface area contributed by atoms with Crippen molar-refractivity contribution in [3.05, 3.63) is 75.9 Å². The van der Waals surface area contributed by atoms with Gasteiger partial charge in [0.1, 0.15) is 11.5 Å². The van der Waals surface area contributed by atoms with Gasteiger partial charge in [0.2, 0.25) is 0 Å². The molecule has 0 atom stereocenters. The number of anilines is 1. The van der Waals surface area contributed by atoms with Gasteiger partial charge in [-0.2, -0.15) is 0 Å². The number of amides is 1. The maximum atomic E-state index is 14.3. The van der Waals surface area contributed by atoms with E-state index in [0.717, 1.165) is 17.4 Å². The van der Waals surface area contributed by atoms with Gasteiger partial charge in [0, 0.05) is 15.5 Å². The molecule has 138 valence electrons. The molecule has 2 aromatic carbocycles. The number of benzene rings is 2. The Labute approximate surface area is 162 Å². The molecule has 0 bridgehead atoms. The fourth-order valence-electron chi connectivity index (χ4n) is 2.37. The van der Waals surface area contributed by atoms with Crippen LogP contribution in [0, 0.1) is 5.82 Å². The quantitative estimate of drug-likeness (QED) is 0.422. The molecule has 1 aromatic heterocycles. The third kappa shape index (κ3) is 3.84. The van der Waals surface area contributed by atoms with Gasteiger partial charge in [-0.3, -0.25) is 4.79 Å². The molecule has 4 nitrogen and oxygen atoms in total. The molecule has 1 amide bonds. The summed E-state index contributed by atoms with van der Waals surface area (Å²) in [5, 5.41) is 0.118. The van der Waals surface area contributed by atoms with Crippen molar-refractivity contribution < 1.29 is 23.2 Å². The molecule has 0 aliphatic heterocycles. The number of esters is 1. The van der Waals surface area contributed by atoms with E-state index in [0.29, 0.717) is 15.5 Å². The third-order valence-corrected chi connectivity index (χ3v) is 5.15. The van der Waals surface area contributed by atoms with Crippen LogP contribution in [0.25, 0.3) is 10.4 Å². The summed E-state index contributed by atoms with van der Waals surface area (Å²) in [5.41, 5.74) is 0.319. The van der Waals surface area contributed by atoms with Crippen molar-refractivity contribution in [2.24, 2.45) is 0 Å². The topological polar surface area (TPSA) is 46.6 Å². The smallest absolute Gasteiger partial charge is 0.337 e. The van der Waals surface area contributed by atoms with E-state index in [2.05, 4.69) is 4.74 Å². The highest BCUT2D eigenvalue weighted by molar-refractivity contribution is 7.17. The van der Waals surface area contributed by atoms with Gasteiger partial charge in [0.05, 0.1) is 17.6 Å². The molecular formula is C19H12ClF2NO3S. The fraction of sp³-hybridized carbons (Fsp3) is 0.0526. The van der Waals surface area contributed by atoms with Crippen LogP contribution in [0.1, 0.15) is 20.0 Å². The molecule has 1 heterocycles. The first-order valence-electron chi connectivity index (χ1n) is 7.65. The standard InChI is InChI=1S/C19H12ClF2NO3S/c1-26-19(25)11-6-7-13(20)12(10-11)16-8-9-17(27-16)18(24)23(22)15-5-3-2-4-14(15)21/h2-10H,1H3. The Morgan fingerprint density at radius 2 is 1.85 bits per heavy atom. The Morgan fingerprint density at radius 3 is 2.56 bits per heavy atom. The lowest BCUT2D eigenvalue weighted by Crippen LogP contribution is -2.21. The zero-order valence-electron chi connectivity index (χ0n) is 13.9. The highest BCUT2D eigenvalue weighted by Gasteiger charge is 2.23. The lowest BCUT2D eigenvalue weighted by atomic mass is 10.1. The van der Waals surface area contributed by atoms with Crippen LogP contribution in [0.5, 0.6) is 0 Å². The van der Waals surface area contributed by atoms with Crippen LogP contribution in [-0.4, -0.2) is 19.0 Å². The van der Waals surface area contributed by atoms with Crippen LogP contribution >= 0.6 is 22.9 Å². The summed E-state index contributed by atoms with van der Waals surface area (Å²) in [5.74, 6) is -2.38. The van der Waals surface area contributed by atoms with Crippen LogP contribution in [-0.2, 0) is 4.74 Å². The van der Waals surface area contributed by atoms with Crippen molar-refractivity contribution in [1.82, 2.24) is 0 Å². The largest absolute Gasteiger partial charge is 0.465 e. The Hall–Kier alpha value is -2.77. The number of hydrogen-bond donors (Lipinski definition) is 0. The second-order valence-electron chi connectivity index (χ2n) is 5.39. The number of carbonyl (C=O) groups excluding carboxylic acids is 2. The number of nitrogens with zero attached hydrogens (tertiary/aromatic N) is 1. The number of hydrogen-bond acceptors (Lipinski definition) is 4. The Morgan fingerprint density at radius 1 is 1.11 bits per heavy atom. The first-order valence-corrected chi connectivity index (χ1v) is 8.84. The van der Waals surface area contributed by atoms with Gasteiger partial charge in [-0.15, -0.1) is 16.5 Å². The van der Waals surface area contributed by atoms with Gasteiger partial charge in [-0.1, -0.05) is 28.2 Å². The lowest BCUT2D eigenvalue weighted by Gasteiger charge is -2.11. The molecule has 0 radical (unpaired) electrons. The van der Waals surface area contributed by atoms with E-state index >= 15 is 0 Å².